The molecule has 0 atom stereocenters. The van der Waals surface area contributed by atoms with E-state index in [-0.39, 0.29) is 5.91 Å². The quantitative estimate of drug-likeness (QED) is 0.441. The maximum atomic E-state index is 12.8. The molecule has 0 unspecified atom stereocenters. The zero-order chi connectivity index (χ0) is 21.2. The summed E-state index contributed by atoms with van der Waals surface area (Å²) in [7, 11) is 1.99. The molecule has 0 aliphatic heterocycles. The number of nitrogens with one attached hydrogen (secondary N) is 1. The normalized spacial score (nSPS) is 11.1. The summed E-state index contributed by atoms with van der Waals surface area (Å²) in [5.74, 6) is 1.32. The second-order valence-electron chi connectivity index (χ2n) is 7.33. The molecule has 31 heavy (non-hydrogen) atoms. The number of para-hydroxylation sites is 2. The fourth-order valence-corrected chi connectivity index (χ4v) is 3.73. The predicted molar refractivity (Wildman–Crippen MR) is 117 cm³/mol. The second-order valence-corrected chi connectivity index (χ2v) is 7.33. The van der Waals surface area contributed by atoms with E-state index in [0.717, 1.165) is 27.7 Å². The number of rotatable bonds is 6. The SMILES string of the molecule is Cn1cc(CC(=O)Nc2ccccc2Cc2nc(-c3ccco3)no2)c2ccccc21. The van der Waals surface area contributed by atoms with Gasteiger partial charge in [0.1, 0.15) is 0 Å². The number of amides is 1. The minimum atomic E-state index is -0.0781. The van der Waals surface area contributed by atoms with Gasteiger partial charge >= 0.3 is 0 Å². The highest BCUT2D eigenvalue weighted by molar-refractivity contribution is 5.96. The van der Waals surface area contributed by atoms with Crippen LogP contribution in [-0.4, -0.2) is 20.6 Å². The van der Waals surface area contributed by atoms with E-state index in [1.807, 2.05) is 66.3 Å². The van der Waals surface area contributed by atoms with Gasteiger partial charge in [-0.05, 0) is 35.4 Å². The van der Waals surface area contributed by atoms with Crippen LogP contribution in [0.4, 0.5) is 5.69 Å². The van der Waals surface area contributed by atoms with E-state index in [9.17, 15) is 4.79 Å². The standard InChI is InChI=1S/C24H20N4O3/c1-28-15-17(18-8-3-5-10-20(18)28)13-22(29)25-19-9-4-2-7-16(19)14-23-26-24(27-31-23)21-11-6-12-30-21/h2-12,15H,13-14H2,1H3,(H,25,29). The Morgan fingerprint density at radius 2 is 1.87 bits per heavy atom. The minimum absolute atomic E-state index is 0.0781. The van der Waals surface area contributed by atoms with Crippen molar-refractivity contribution >= 4 is 22.5 Å². The average Bonchev–Trinajstić information content (AvgIpc) is 3.51. The highest BCUT2D eigenvalue weighted by Gasteiger charge is 2.15. The Kier molecular flexibility index (Phi) is 4.84. The van der Waals surface area contributed by atoms with Crippen LogP contribution in [0.2, 0.25) is 0 Å². The Labute approximate surface area is 178 Å². The number of carbonyl (C=O) groups is 1. The van der Waals surface area contributed by atoms with E-state index in [0.29, 0.717) is 30.3 Å². The first-order valence-electron chi connectivity index (χ1n) is 9.94. The molecule has 0 saturated carbocycles. The zero-order valence-electron chi connectivity index (χ0n) is 16.9. The third-order valence-electron chi connectivity index (χ3n) is 5.17. The Bertz CT molecular complexity index is 1350. The van der Waals surface area contributed by atoms with Crippen molar-refractivity contribution in [2.75, 3.05) is 5.32 Å². The lowest BCUT2D eigenvalue weighted by molar-refractivity contribution is -0.115. The molecule has 0 aliphatic carbocycles. The summed E-state index contributed by atoms with van der Waals surface area (Å²) < 4.78 is 12.7. The number of aromatic nitrogens is 3. The topological polar surface area (TPSA) is 86.1 Å². The fraction of sp³-hybridized carbons (Fsp3) is 0.125. The Hall–Kier alpha value is -4.13. The van der Waals surface area contributed by atoms with Crippen molar-refractivity contribution in [3.8, 4) is 11.6 Å². The van der Waals surface area contributed by atoms with Crippen LogP contribution in [0.25, 0.3) is 22.5 Å². The molecular weight excluding hydrogens is 392 g/mol. The fourth-order valence-electron chi connectivity index (χ4n) is 3.73. The number of fused-ring (bicyclic) bond motifs is 1. The number of hydrogen-bond donors (Lipinski definition) is 1. The number of nitrogens with zero attached hydrogens (tertiary/aromatic N) is 3. The molecule has 1 N–H and O–H groups in total. The van der Waals surface area contributed by atoms with E-state index < -0.39 is 0 Å². The summed E-state index contributed by atoms with van der Waals surface area (Å²) in [5.41, 5.74) is 3.72. The van der Waals surface area contributed by atoms with Crippen LogP contribution in [0.5, 0.6) is 0 Å². The number of furan rings is 1. The van der Waals surface area contributed by atoms with Gasteiger partial charge in [-0.2, -0.15) is 4.98 Å². The van der Waals surface area contributed by atoms with Gasteiger partial charge in [0.15, 0.2) is 5.76 Å². The van der Waals surface area contributed by atoms with Crippen LogP contribution in [-0.2, 0) is 24.7 Å². The predicted octanol–water partition coefficient (Wildman–Crippen LogP) is 4.59. The van der Waals surface area contributed by atoms with Crippen LogP contribution in [0.15, 0.2) is 82.1 Å². The molecule has 0 radical (unpaired) electrons. The van der Waals surface area contributed by atoms with Gasteiger partial charge < -0.3 is 18.8 Å². The highest BCUT2D eigenvalue weighted by atomic mass is 16.5. The first-order chi connectivity index (χ1) is 15.2. The molecule has 0 aliphatic rings. The van der Waals surface area contributed by atoms with Crippen LogP contribution in [0.3, 0.4) is 0 Å². The summed E-state index contributed by atoms with van der Waals surface area (Å²) in [5, 5.41) is 8.08. The van der Waals surface area contributed by atoms with Crippen LogP contribution >= 0.6 is 0 Å². The number of hydrogen-bond acceptors (Lipinski definition) is 5. The van der Waals surface area contributed by atoms with Gasteiger partial charge in [-0.1, -0.05) is 41.6 Å². The molecule has 0 saturated heterocycles. The molecule has 1 amide bonds. The van der Waals surface area contributed by atoms with Gasteiger partial charge in [0, 0.05) is 29.8 Å². The van der Waals surface area contributed by atoms with E-state index in [2.05, 4.69) is 15.5 Å². The van der Waals surface area contributed by atoms with Crippen molar-refractivity contribution in [2.24, 2.45) is 7.05 Å². The molecule has 7 heteroatoms. The largest absolute Gasteiger partial charge is 0.461 e. The van der Waals surface area contributed by atoms with E-state index in [1.54, 1.807) is 18.4 Å². The molecule has 3 heterocycles. The second kappa shape index (κ2) is 7.95. The number of benzene rings is 2. The van der Waals surface area contributed by atoms with Gasteiger partial charge in [0.2, 0.25) is 17.6 Å². The lowest BCUT2D eigenvalue weighted by Crippen LogP contribution is -2.15. The van der Waals surface area contributed by atoms with E-state index in [4.69, 9.17) is 8.94 Å². The van der Waals surface area contributed by atoms with Crippen LogP contribution in [0, 0.1) is 0 Å². The molecular formula is C24H20N4O3. The molecule has 5 aromatic rings. The molecule has 2 aromatic carbocycles. The van der Waals surface area contributed by atoms with Gasteiger partial charge in [-0.3, -0.25) is 4.79 Å². The summed E-state index contributed by atoms with van der Waals surface area (Å²) in [4.78, 5) is 17.2. The smallest absolute Gasteiger partial charge is 0.238 e. The maximum Gasteiger partial charge on any atom is 0.238 e. The Balaban J connectivity index is 1.33. The zero-order valence-corrected chi connectivity index (χ0v) is 16.9. The number of carbonyl (C=O) groups excluding carboxylic acids is 1. The number of aryl methyl sites for hydroxylation is 1. The van der Waals surface area contributed by atoms with Crippen molar-refractivity contribution in [2.45, 2.75) is 12.8 Å². The molecule has 3 aromatic heterocycles. The molecule has 154 valence electrons. The monoisotopic (exact) mass is 412 g/mol. The van der Waals surface area contributed by atoms with Crippen LogP contribution in [0.1, 0.15) is 17.0 Å². The number of anilines is 1. The average molecular weight is 412 g/mol. The summed E-state index contributed by atoms with van der Waals surface area (Å²) in [6.45, 7) is 0. The third kappa shape index (κ3) is 3.85. The van der Waals surface area contributed by atoms with Gasteiger partial charge in [0.25, 0.3) is 0 Å². The molecule has 7 nitrogen and oxygen atoms in total. The Morgan fingerprint density at radius 1 is 1.03 bits per heavy atom. The van der Waals surface area contributed by atoms with Crippen molar-refractivity contribution in [1.82, 2.24) is 14.7 Å². The van der Waals surface area contributed by atoms with Crippen molar-refractivity contribution < 1.29 is 13.7 Å². The van der Waals surface area contributed by atoms with Crippen molar-refractivity contribution in [1.29, 1.82) is 0 Å². The van der Waals surface area contributed by atoms with Crippen molar-refractivity contribution in [3.63, 3.8) is 0 Å². The van der Waals surface area contributed by atoms with E-state index >= 15 is 0 Å². The minimum Gasteiger partial charge on any atom is -0.461 e. The summed E-state index contributed by atoms with van der Waals surface area (Å²) >= 11 is 0. The van der Waals surface area contributed by atoms with Gasteiger partial charge in [0.05, 0.1) is 19.1 Å². The maximum absolute atomic E-state index is 12.8. The van der Waals surface area contributed by atoms with Gasteiger partial charge in [-0.15, -0.1) is 0 Å². The molecule has 5 rings (SSSR count). The molecule has 0 bridgehead atoms. The van der Waals surface area contributed by atoms with E-state index in [1.165, 1.54) is 0 Å². The van der Waals surface area contributed by atoms with Gasteiger partial charge in [-0.25, -0.2) is 0 Å². The third-order valence-corrected chi connectivity index (χ3v) is 5.17. The summed E-state index contributed by atoms with van der Waals surface area (Å²) in [6, 6.07) is 19.2. The molecule has 0 spiro atoms. The van der Waals surface area contributed by atoms with Crippen molar-refractivity contribution in [3.05, 3.63) is 90.1 Å². The first-order valence-corrected chi connectivity index (χ1v) is 9.94. The lowest BCUT2D eigenvalue weighted by atomic mass is 10.1. The Morgan fingerprint density at radius 3 is 2.74 bits per heavy atom. The molecule has 0 fully saturated rings. The first kappa shape index (κ1) is 18.9. The highest BCUT2D eigenvalue weighted by Crippen LogP contribution is 2.23. The van der Waals surface area contributed by atoms with Crippen LogP contribution < -0.4 is 5.32 Å². The summed E-state index contributed by atoms with van der Waals surface area (Å²) in [6.07, 6.45) is 4.26. The lowest BCUT2D eigenvalue weighted by Gasteiger charge is -2.09.